The van der Waals surface area contributed by atoms with Gasteiger partial charge < -0.3 is 20.3 Å². The van der Waals surface area contributed by atoms with Crippen molar-refractivity contribution in [2.45, 2.75) is 159 Å². The minimum atomic E-state index is -3.98. The summed E-state index contributed by atoms with van der Waals surface area (Å²) < 4.78 is 36.8. The third-order valence-corrected chi connectivity index (χ3v) is 16.7. The number of nitrogens with zero attached hydrogens (tertiary/aromatic N) is 5. The number of allylic oxidation sites excluding steroid dienone is 1. The van der Waals surface area contributed by atoms with Gasteiger partial charge in [-0.3, -0.25) is 23.7 Å². The standard InChI is InChI=1S/C45H60N8O6S3/c1-26(2)32-24-60-38(46-32)30-16-14-18-33-36(30)49-42(53(33)27(3)4)59-29-21-34-37(54)50-45(40(56)51-62(57,58)44(8)19-20-44)22-28(45)15-12-10-9-11-13-17-31(39(55)52(34)23-29)47-41-48-35(25-61-41)43(5,6)7/h12,14-16,18,24-29,31,34H,9-11,13,17,19-23H2,1-8H3,(H,47,48)(H,50,54)(H,51,56)/b15-12-/t28-,29-,31+,34+,45-/m1/s1. The molecule has 8 rings (SSSR count). The Kier molecular flexibility index (Phi) is 11.9. The van der Waals surface area contributed by atoms with Gasteiger partial charge in [0.25, 0.3) is 11.9 Å². The number of hydrogen-bond acceptors (Lipinski definition) is 12. The second-order valence-electron chi connectivity index (χ2n) is 19.5. The third-order valence-electron chi connectivity index (χ3n) is 12.9. The molecule has 1 saturated heterocycles. The molecule has 0 unspecified atom stereocenters. The van der Waals surface area contributed by atoms with E-state index < -0.39 is 56.2 Å². The molecule has 3 aromatic heterocycles. The van der Waals surface area contributed by atoms with E-state index >= 15 is 4.79 Å². The van der Waals surface area contributed by atoms with E-state index in [1.54, 1.807) is 23.2 Å². The average Bonchev–Trinajstić information content (AvgIpc) is 3.71. The Balaban J connectivity index is 1.13. The molecule has 3 N–H and O–H groups in total. The van der Waals surface area contributed by atoms with Gasteiger partial charge in [0, 0.05) is 40.1 Å². The summed E-state index contributed by atoms with van der Waals surface area (Å²) in [7, 11) is -3.98. The van der Waals surface area contributed by atoms with Crippen LogP contribution in [-0.2, 0) is 29.8 Å². The van der Waals surface area contributed by atoms with Crippen LogP contribution in [0.2, 0.25) is 0 Å². The zero-order valence-electron chi connectivity index (χ0n) is 37.0. The summed E-state index contributed by atoms with van der Waals surface area (Å²) in [6.45, 7) is 16.4. The molecule has 334 valence electrons. The van der Waals surface area contributed by atoms with Gasteiger partial charge in [0.1, 0.15) is 34.3 Å². The van der Waals surface area contributed by atoms with Crippen LogP contribution in [-0.4, -0.2) is 85.6 Å². The largest absolute Gasteiger partial charge is 0.459 e. The minimum absolute atomic E-state index is 0.0400. The van der Waals surface area contributed by atoms with Gasteiger partial charge >= 0.3 is 0 Å². The number of anilines is 1. The number of rotatable bonds is 10. The number of ether oxygens (including phenoxy) is 1. The van der Waals surface area contributed by atoms with Gasteiger partial charge in [-0.2, -0.15) is 4.98 Å². The Morgan fingerprint density at radius 3 is 2.48 bits per heavy atom. The lowest BCUT2D eigenvalue weighted by Crippen LogP contribution is -2.58. The molecule has 4 aliphatic rings. The number of benzene rings is 1. The number of imidazole rings is 1. The fourth-order valence-corrected chi connectivity index (χ4v) is 11.8. The highest BCUT2D eigenvalue weighted by Gasteiger charge is 2.63. The maximum atomic E-state index is 15.0. The van der Waals surface area contributed by atoms with Gasteiger partial charge in [-0.15, -0.1) is 22.7 Å². The van der Waals surface area contributed by atoms with E-state index in [4.69, 9.17) is 19.7 Å². The molecular weight excluding hydrogens is 845 g/mol. The van der Waals surface area contributed by atoms with E-state index in [0.717, 1.165) is 58.7 Å². The van der Waals surface area contributed by atoms with Crippen molar-refractivity contribution in [2.24, 2.45) is 5.92 Å². The van der Waals surface area contributed by atoms with Crippen LogP contribution in [0.5, 0.6) is 6.01 Å². The van der Waals surface area contributed by atoms with Gasteiger partial charge in [0.2, 0.25) is 21.8 Å². The molecule has 62 heavy (non-hydrogen) atoms. The lowest BCUT2D eigenvalue weighted by atomic mass is 9.93. The smallest absolute Gasteiger partial charge is 0.297 e. The molecular formula is C45H60N8O6S3. The van der Waals surface area contributed by atoms with Crippen molar-refractivity contribution in [3.8, 4) is 16.6 Å². The first-order valence-corrected chi connectivity index (χ1v) is 25.3. The Morgan fingerprint density at radius 1 is 1.03 bits per heavy atom. The maximum absolute atomic E-state index is 15.0. The predicted molar refractivity (Wildman–Crippen MR) is 244 cm³/mol. The molecule has 5 atom stereocenters. The predicted octanol–water partition coefficient (Wildman–Crippen LogP) is 7.84. The number of aromatic nitrogens is 4. The normalized spacial score (nSPS) is 26.1. The molecule has 1 aromatic carbocycles. The van der Waals surface area contributed by atoms with Gasteiger partial charge in [-0.1, -0.05) is 65.7 Å². The molecule has 3 amide bonds. The Morgan fingerprint density at radius 2 is 1.81 bits per heavy atom. The van der Waals surface area contributed by atoms with Crippen LogP contribution in [0, 0.1) is 5.92 Å². The quantitative estimate of drug-likeness (QED) is 0.133. The topological polar surface area (TPSA) is 178 Å². The lowest BCUT2D eigenvalue weighted by Gasteiger charge is -2.30. The molecule has 0 radical (unpaired) electrons. The number of amides is 3. The van der Waals surface area contributed by atoms with E-state index in [1.165, 1.54) is 11.3 Å². The number of nitrogens with one attached hydrogen (secondary N) is 3. The van der Waals surface area contributed by atoms with Crippen LogP contribution in [0.25, 0.3) is 21.6 Å². The number of thiazole rings is 2. The van der Waals surface area contributed by atoms with Crippen LogP contribution in [0.15, 0.2) is 41.1 Å². The van der Waals surface area contributed by atoms with Crippen LogP contribution in [0.4, 0.5) is 5.13 Å². The number of carbonyl (C=O) groups excluding carboxylic acids is 3. The number of sulfonamides is 1. The van der Waals surface area contributed by atoms with E-state index in [2.05, 4.69) is 69.2 Å². The first-order chi connectivity index (χ1) is 29.3. The summed E-state index contributed by atoms with van der Waals surface area (Å²) in [6.07, 6.45) is 8.39. The molecule has 2 saturated carbocycles. The van der Waals surface area contributed by atoms with Crippen molar-refractivity contribution in [1.82, 2.24) is 34.5 Å². The monoisotopic (exact) mass is 904 g/mol. The second-order valence-corrected chi connectivity index (χ2v) is 23.4. The molecule has 3 fully saturated rings. The van der Waals surface area contributed by atoms with Crippen molar-refractivity contribution < 1.29 is 27.5 Å². The fourth-order valence-electron chi connectivity index (χ4n) is 8.45. The number of fused-ring (bicyclic) bond motifs is 3. The highest BCUT2D eigenvalue weighted by atomic mass is 32.2. The van der Waals surface area contributed by atoms with E-state index in [0.29, 0.717) is 30.4 Å². The second kappa shape index (κ2) is 16.6. The molecule has 2 aliphatic heterocycles. The van der Waals surface area contributed by atoms with E-state index in [-0.39, 0.29) is 42.7 Å². The highest BCUT2D eigenvalue weighted by molar-refractivity contribution is 7.91. The number of hydrogen-bond donors (Lipinski definition) is 3. The fraction of sp³-hybridized carbons (Fsp3) is 0.600. The maximum Gasteiger partial charge on any atom is 0.297 e. The average molecular weight is 905 g/mol. The van der Waals surface area contributed by atoms with Crippen molar-refractivity contribution in [1.29, 1.82) is 0 Å². The molecule has 4 aromatic rings. The molecule has 0 spiro atoms. The summed E-state index contributed by atoms with van der Waals surface area (Å²) in [4.78, 5) is 60.3. The van der Waals surface area contributed by atoms with Gasteiger partial charge in [-0.05, 0) is 77.3 Å². The van der Waals surface area contributed by atoms with Crippen molar-refractivity contribution >= 4 is 66.6 Å². The molecule has 0 bridgehead atoms. The SMILES string of the molecule is CC(C)c1csc(-c2cccc3c2nc(O[C@@H]2C[C@H]4C(=O)N[C@]5(C(=O)NS(=O)(=O)C6(C)CC6)C[C@H]5/C=C\CCCCC[C@H](Nc5nc(C(C)(C)C)cs5)C(=O)N4C2)n3C(C)C)n1. The van der Waals surface area contributed by atoms with Gasteiger partial charge in [0.05, 0.1) is 28.2 Å². The summed E-state index contributed by atoms with van der Waals surface area (Å²) in [5.41, 5.74) is 2.81. The van der Waals surface area contributed by atoms with Crippen LogP contribution >= 0.6 is 22.7 Å². The van der Waals surface area contributed by atoms with E-state index in [9.17, 15) is 18.0 Å². The Bertz CT molecular complexity index is 2500. The van der Waals surface area contributed by atoms with Gasteiger partial charge in [-0.25, -0.2) is 18.4 Å². The summed E-state index contributed by atoms with van der Waals surface area (Å²) in [5.74, 6) is -1.67. The van der Waals surface area contributed by atoms with Crippen LogP contribution < -0.4 is 20.1 Å². The molecule has 5 heterocycles. The molecule has 17 heteroatoms. The van der Waals surface area contributed by atoms with Crippen molar-refractivity contribution in [2.75, 3.05) is 11.9 Å². The highest BCUT2D eigenvalue weighted by Crippen LogP contribution is 2.48. The molecule has 14 nitrogen and oxygen atoms in total. The summed E-state index contributed by atoms with van der Waals surface area (Å²) in [5, 5.41) is 12.0. The van der Waals surface area contributed by atoms with Crippen LogP contribution in [0.1, 0.15) is 137 Å². The number of carbonyl (C=O) groups is 3. The number of para-hydroxylation sites is 1. The summed E-state index contributed by atoms with van der Waals surface area (Å²) >= 11 is 3.03. The van der Waals surface area contributed by atoms with Gasteiger partial charge in [0.15, 0.2) is 5.13 Å². The van der Waals surface area contributed by atoms with Crippen LogP contribution in [0.3, 0.4) is 0 Å². The zero-order chi connectivity index (χ0) is 44.4. The summed E-state index contributed by atoms with van der Waals surface area (Å²) in [6, 6.07) is 4.66. The Labute approximate surface area is 372 Å². The Hall–Kier alpha value is -4.35. The minimum Gasteiger partial charge on any atom is -0.459 e. The lowest BCUT2D eigenvalue weighted by molar-refractivity contribution is -0.140. The zero-order valence-corrected chi connectivity index (χ0v) is 39.4. The third kappa shape index (κ3) is 8.65. The van der Waals surface area contributed by atoms with Crippen molar-refractivity contribution in [3.05, 3.63) is 52.5 Å². The first-order valence-electron chi connectivity index (χ1n) is 22.0. The first kappa shape index (κ1) is 44.3. The van der Waals surface area contributed by atoms with E-state index in [1.807, 2.05) is 40.3 Å². The van der Waals surface area contributed by atoms with Crippen molar-refractivity contribution in [3.63, 3.8) is 0 Å². The molecule has 2 aliphatic carbocycles.